The Morgan fingerprint density at radius 1 is 1.53 bits per heavy atom. The number of rotatable bonds is 5. The lowest BCUT2D eigenvalue weighted by Crippen LogP contribution is -2.41. The average Bonchev–Trinajstić information content (AvgIpc) is 2.80. The molecule has 0 unspecified atom stereocenters. The monoisotopic (exact) mass is 267 g/mol. The number of aliphatic hydroxyl groups is 1. The summed E-state index contributed by atoms with van der Waals surface area (Å²) in [4.78, 5) is 0. The van der Waals surface area contributed by atoms with Crippen molar-refractivity contribution in [1.82, 2.24) is 15.1 Å². The first-order valence-corrected chi connectivity index (χ1v) is 7.13. The molecule has 5 heteroatoms. The molecule has 19 heavy (non-hydrogen) atoms. The van der Waals surface area contributed by atoms with Gasteiger partial charge in [-0.2, -0.15) is 5.10 Å². The van der Waals surface area contributed by atoms with E-state index in [1.165, 1.54) is 0 Å². The summed E-state index contributed by atoms with van der Waals surface area (Å²) in [5.74, 6) is 0.685. The summed E-state index contributed by atoms with van der Waals surface area (Å²) in [5.41, 5.74) is 0.00463. The molecule has 1 aromatic rings. The van der Waals surface area contributed by atoms with Gasteiger partial charge in [0.05, 0.1) is 13.3 Å². The largest absolute Gasteiger partial charge is 0.493 e. The molecule has 0 saturated heterocycles. The average molecular weight is 267 g/mol. The minimum atomic E-state index is -0.805. The number of nitrogens with zero attached hydrogens (tertiary/aromatic N) is 2. The summed E-state index contributed by atoms with van der Waals surface area (Å²) in [7, 11) is 3.48. The van der Waals surface area contributed by atoms with Crippen LogP contribution in [0, 0.1) is 0 Å². The Labute approximate surface area is 115 Å². The van der Waals surface area contributed by atoms with Crippen LogP contribution < -0.4 is 10.1 Å². The predicted octanol–water partition coefficient (Wildman–Crippen LogP) is 1.56. The lowest BCUT2D eigenvalue weighted by Gasteiger charge is -2.36. The van der Waals surface area contributed by atoms with Crippen molar-refractivity contribution < 1.29 is 9.84 Å². The Kier molecular flexibility index (Phi) is 4.47. The van der Waals surface area contributed by atoms with Crippen LogP contribution in [0.1, 0.15) is 44.7 Å². The van der Waals surface area contributed by atoms with Crippen LogP contribution in [0.3, 0.4) is 0 Å². The number of aromatic nitrogens is 2. The number of ether oxygens (including phenoxy) is 1. The van der Waals surface area contributed by atoms with Crippen molar-refractivity contribution in [3.05, 3.63) is 11.9 Å². The van der Waals surface area contributed by atoms with Crippen LogP contribution in [-0.2, 0) is 12.6 Å². The van der Waals surface area contributed by atoms with E-state index in [0.29, 0.717) is 11.8 Å². The Bertz CT molecular complexity index is 409. The van der Waals surface area contributed by atoms with Crippen LogP contribution >= 0.6 is 0 Å². The number of methoxy groups -OCH3 is 1. The highest BCUT2D eigenvalue weighted by atomic mass is 16.5. The normalized spacial score (nSPS) is 27.5. The summed E-state index contributed by atoms with van der Waals surface area (Å²) in [6, 6.07) is 0.527. The van der Waals surface area contributed by atoms with Gasteiger partial charge in [-0.1, -0.05) is 6.92 Å². The molecule has 1 heterocycles. The first-order chi connectivity index (χ1) is 9.10. The van der Waals surface area contributed by atoms with Gasteiger partial charge in [0.1, 0.15) is 11.3 Å². The Balaban J connectivity index is 2.07. The second-order valence-electron chi connectivity index (χ2n) is 5.45. The lowest BCUT2D eigenvalue weighted by atomic mass is 9.79. The fraction of sp³-hybridized carbons (Fsp3) is 0.786. The van der Waals surface area contributed by atoms with Crippen LogP contribution in [0.5, 0.6) is 5.75 Å². The summed E-state index contributed by atoms with van der Waals surface area (Å²) in [6.45, 7) is 3.23. The zero-order chi connectivity index (χ0) is 13.9. The number of nitrogens with one attached hydrogen (secondary N) is 1. The van der Waals surface area contributed by atoms with Gasteiger partial charge in [0.2, 0.25) is 0 Å². The first-order valence-electron chi connectivity index (χ1n) is 7.13. The molecular formula is C14H25N3O2. The molecule has 1 aromatic heterocycles. The van der Waals surface area contributed by atoms with Gasteiger partial charge in [0, 0.05) is 13.1 Å². The quantitative estimate of drug-likeness (QED) is 0.850. The molecule has 1 aliphatic rings. The number of hydrogen-bond acceptors (Lipinski definition) is 4. The van der Waals surface area contributed by atoms with E-state index in [0.717, 1.165) is 44.3 Å². The van der Waals surface area contributed by atoms with Crippen LogP contribution in [-0.4, -0.2) is 34.6 Å². The van der Waals surface area contributed by atoms with Gasteiger partial charge in [-0.3, -0.25) is 4.68 Å². The molecule has 0 bridgehead atoms. The predicted molar refractivity (Wildman–Crippen MR) is 74.2 cm³/mol. The van der Waals surface area contributed by atoms with E-state index in [4.69, 9.17) is 4.74 Å². The van der Waals surface area contributed by atoms with Crippen molar-refractivity contribution >= 4 is 0 Å². The topological polar surface area (TPSA) is 59.3 Å². The van der Waals surface area contributed by atoms with E-state index in [2.05, 4.69) is 17.3 Å². The minimum absolute atomic E-state index is 0.527. The molecule has 0 atom stereocenters. The molecule has 0 aliphatic heterocycles. The van der Waals surface area contributed by atoms with Crippen LogP contribution in [0.25, 0.3) is 0 Å². The number of aryl methyl sites for hydroxylation is 1. The van der Waals surface area contributed by atoms with Crippen LogP contribution in [0.4, 0.5) is 0 Å². The SMILES string of the molecule is CCCNC1CCC(O)(c2c(OC)cnn2C)CC1. The molecule has 1 aliphatic carbocycles. The third kappa shape index (κ3) is 2.92. The zero-order valence-corrected chi connectivity index (χ0v) is 12.1. The van der Waals surface area contributed by atoms with Gasteiger partial charge in [0.25, 0.3) is 0 Å². The summed E-state index contributed by atoms with van der Waals surface area (Å²) < 4.78 is 7.05. The van der Waals surface area contributed by atoms with Gasteiger partial charge in [-0.25, -0.2) is 0 Å². The molecule has 1 fully saturated rings. The molecule has 2 rings (SSSR count). The van der Waals surface area contributed by atoms with E-state index >= 15 is 0 Å². The molecule has 0 radical (unpaired) electrons. The van der Waals surface area contributed by atoms with E-state index in [9.17, 15) is 5.11 Å². The van der Waals surface area contributed by atoms with Crippen molar-refractivity contribution in [2.24, 2.45) is 7.05 Å². The maximum absolute atomic E-state index is 10.9. The highest BCUT2D eigenvalue weighted by Crippen LogP contribution is 2.40. The second-order valence-corrected chi connectivity index (χ2v) is 5.45. The lowest BCUT2D eigenvalue weighted by molar-refractivity contribution is -0.0170. The maximum Gasteiger partial charge on any atom is 0.162 e. The molecule has 108 valence electrons. The second kappa shape index (κ2) is 5.92. The van der Waals surface area contributed by atoms with Crippen LogP contribution in [0.2, 0.25) is 0 Å². The van der Waals surface area contributed by atoms with Crippen LogP contribution in [0.15, 0.2) is 6.20 Å². The van der Waals surface area contributed by atoms with E-state index in [-0.39, 0.29) is 0 Å². The number of hydrogen-bond donors (Lipinski definition) is 2. The standard InChI is InChI=1S/C14H25N3O2/c1-4-9-15-11-5-7-14(18,8-6-11)13-12(19-3)10-16-17(13)2/h10-11,15,18H,4-9H2,1-3H3. The molecule has 1 saturated carbocycles. The first kappa shape index (κ1) is 14.3. The van der Waals surface area contributed by atoms with Gasteiger partial charge in [-0.15, -0.1) is 0 Å². The molecular weight excluding hydrogens is 242 g/mol. The van der Waals surface area contributed by atoms with Gasteiger partial charge in [0.15, 0.2) is 5.75 Å². The fourth-order valence-electron chi connectivity index (χ4n) is 2.98. The Morgan fingerprint density at radius 2 is 2.21 bits per heavy atom. The molecule has 5 nitrogen and oxygen atoms in total. The van der Waals surface area contributed by atoms with Crippen molar-refractivity contribution in [3.8, 4) is 5.75 Å². The van der Waals surface area contributed by atoms with E-state index < -0.39 is 5.60 Å². The third-order valence-electron chi connectivity index (χ3n) is 4.06. The van der Waals surface area contributed by atoms with Gasteiger partial charge >= 0.3 is 0 Å². The van der Waals surface area contributed by atoms with Gasteiger partial charge in [-0.05, 0) is 38.6 Å². The van der Waals surface area contributed by atoms with Crippen molar-refractivity contribution in [1.29, 1.82) is 0 Å². The van der Waals surface area contributed by atoms with E-state index in [1.807, 2.05) is 7.05 Å². The van der Waals surface area contributed by atoms with Crippen molar-refractivity contribution in [2.45, 2.75) is 50.7 Å². The Morgan fingerprint density at radius 3 is 2.79 bits per heavy atom. The third-order valence-corrected chi connectivity index (χ3v) is 4.06. The summed E-state index contributed by atoms with van der Waals surface area (Å²) >= 11 is 0. The molecule has 0 aromatic carbocycles. The molecule has 0 spiro atoms. The summed E-state index contributed by atoms with van der Waals surface area (Å²) in [5, 5.41) is 18.6. The van der Waals surface area contributed by atoms with Gasteiger partial charge < -0.3 is 15.2 Å². The fourth-order valence-corrected chi connectivity index (χ4v) is 2.98. The smallest absolute Gasteiger partial charge is 0.162 e. The van der Waals surface area contributed by atoms with E-state index in [1.54, 1.807) is 18.0 Å². The Hall–Kier alpha value is -1.07. The molecule has 0 amide bonds. The molecule has 2 N–H and O–H groups in total. The summed E-state index contributed by atoms with van der Waals surface area (Å²) in [6.07, 6.45) is 6.31. The highest BCUT2D eigenvalue weighted by Gasteiger charge is 2.39. The van der Waals surface area contributed by atoms with Crippen molar-refractivity contribution in [2.75, 3.05) is 13.7 Å². The zero-order valence-electron chi connectivity index (χ0n) is 12.1. The van der Waals surface area contributed by atoms with Crippen molar-refractivity contribution in [3.63, 3.8) is 0 Å². The minimum Gasteiger partial charge on any atom is -0.493 e. The maximum atomic E-state index is 10.9. The highest BCUT2D eigenvalue weighted by molar-refractivity contribution is 5.31.